The second kappa shape index (κ2) is 12.3. The molecule has 9 nitrogen and oxygen atoms in total. The van der Waals surface area contributed by atoms with Crippen LogP contribution in [0.25, 0.3) is 11.3 Å². The number of alkyl halides is 3. The highest BCUT2D eigenvalue weighted by molar-refractivity contribution is 7.87. The first-order valence-electron chi connectivity index (χ1n) is 12.0. The summed E-state index contributed by atoms with van der Waals surface area (Å²) >= 11 is 12.1. The number of ether oxygens (including phenoxy) is 1. The van der Waals surface area contributed by atoms with Crippen LogP contribution in [0.15, 0.2) is 48.5 Å². The Balaban J connectivity index is 1.85. The summed E-state index contributed by atoms with van der Waals surface area (Å²) < 4.78 is 73.5. The van der Waals surface area contributed by atoms with Crippen molar-refractivity contribution in [2.45, 2.75) is 51.3 Å². The van der Waals surface area contributed by atoms with Crippen LogP contribution in [0.5, 0.6) is 5.88 Å². The Labute approximate surface area is 244 Å². The summed E-state index contributed by atoms with van der Waals surface area (Å²) in [6.45, 7) is 6.78. The number of benzene rings is 2. The zero-order valence-electron chi connectivity index (χ0n) is 22.3. The molecule has 3 rings (SSSR count). The van der Waals surface area contributed by atoms with E-state index in [0.29, 0.717) is 11.1 Å². The Kier molecular flexibility index (Phi) is 9.66. The largest absolute Gasteiger partial charge is 0.534 e. The van der Waals surface area contributed by atoms with Gasteiger partial charge in [0, 0.05) is 33.8 Å². The van der Waals surface area contributed by atoms with Gasteiger partial charge in [-0.25, -0.2) is 4.68 Å². The van der Waals surface area contributed by atoms with Crippen molar-refractivity contribution < 1.29 is 40.1 Å². The van der Waals surface area contributed by atoms with E-state index in [-0.39, 0.29) is 34.3 Å². The minimum absolute atomic E-state index is 0.0266. The molecule has 1 aromatic heterocycles. The molecule has 0 saturated heterocycles. The number of carbonyl (C=O) groups is 2. The van der Waals surface area contributed by atoms with Crippen molar-refractivity contribution in [2.24, 2.45) is 0 Å². The van der Waals surface area contributed by atoms with Gasteiger partial charge in [0.2, 0.25) is 5.88 Å². The molecule has 2 aromatic carbocycles. The van der Waals surface area contributed by atoms with Crippen molar-refractivity contribution in [3.63, 3.8) is 0 Å². The average Bonchev–Trinajstić information content (AvgIpc) is 3.24. The molecule has 1 amide bonds. The van der Waals surface area contributed by atoms with E-state index in [1.807, 2.05) is 0 Å². The van der Waals surface area contributed by atoms with Crippen molar-refractivity contribution in [3.8, 4) is 17.1 Å². The molecule has 0 spiro atoms. The first kappa shape index (κ1) is 32.2. The molecule has 0 aliphatic carbocycles. The maximum Gasteiger partial charge on any atom is 0.534 e. The molecule has 0 unspecified atom stereocenters. The number of rotatable bonds is 9. The van der Waals surface area contributed by atoms with Crippen molar-refractivity contribution in [1.82, 2.24) is 15.1 Å². The molecule has 0 aliphatic rings. The van der Waals surface area contributed by atoms with Crippen LogP contribution < -0.4 is 9.50 Å². The Morgan fingerprint density at radius 3 is 2.15 bits per heavy atom. The molecule has 0 bridgehead atoms. The molecular formula is C26H26Cl2F3N3O6S. The number of nitrogens with zero attached hydrogens (tertiary/aromatic N) is 2. The van der Waals surface area contributed by atoms with E-state index in [9.17, 15) is 31.2 Å². The van der Waals surface area contributed by atoms with E-state index < -0.39 is 45.0 Å². The zero-order chi connectivity index (χ0) is 30.8. The van der Waals surface area contributed by atoms with E-state index in [1.165, 1.54) is 42.5 Å². The number of amides is 1. The van der Waals surface area contributed by atoms with Crippen LogP contribution in [-0.2, 0) is 19.6 Å². The molecular weight excluding hydrogens is 610 g/mol. The van der Waals surface area contributed by atoms with Crippen LogP contribution in [0, 0.1) is 0 Å². The lowest BCUT2D eigenvalue weighted by atomic mass is 10.1. The van der Waals surface area contributed by atoms with Gasteiger partial charge in [0.05, 0.1) is 18.2 Å². The number of halogens is 5. The first-order chi connectivity index (χ1) is 18.9. The monoisotopic (exact) mass is 635 g/mol. The minimum atomic E-state index is -6.02. The fraction of sp³-hybridized carbons (Fsp3) is 0.346. The average molecular weight is 636 g/mol. The molecule has 3 aromatic rings. The van der Waals surface area contributed by atoms with Crippen LogP contribution in [0.1, 0.15) is 56.1 Å². The Morgan fingerprint density at radius 1 is 1.02 bits per heavy atom. The smallest absolute Gasteiger partial charge is 0.460 e. The molecule has 41 heavy (non-hydrogen) atoms. The van der Waals surface area contributed by atoms with Crippen molar-refractivity contribution in [2.75, 3.05) is 6.54 Å². The van der Waals surface area contributed by atoms with Gasteiger partial charge in [-0.15, -0.1) is 0 Å². The van der Waals surface area contributed by atoms with E-state index in [1.54, 1.807) is 27.7 Å². The third-order valence-corrected chi connectivity index (χ3v) is 6.79. The summed E-state index contributed by atoms with van der Waals surface area (Å²) in [5.74, 6) is -1.64. The van der Waals surface area contributed by atoms with E-state index in [0.717, 1.165) is 10.7 Å². The number of esters is 1. The normalized spacial score (nSPS) is 13.0. The predicted octanol–water partition coefficient (Wildman–Crippen LogP) is 6.16. The molecule has 15 heteroatoms. The van der Waals surface area contributed by atoms with Crippen LogP contribution >= 0.6 is 23.2 Å². The molecule has 0 radical (unpaired) electrons. The summed E-state index contributed by atoms with van der Waals surface area (Å²) in [5.41, 5.74) is -5.26. The van der Waals surface area contributed by atoms with Gasteiger partial charge in [-0.2, -0.15) is 26.7 Å². The highest BCUT2D eigenvalue weighted by Crippen LogP contribution is 2.34. The van der Waals surface area contributed by atoms with E-state index >= 15 is 0 Å². The van der Waals surface area contributed by atoms with Crippen molar-refractivity contribution in [3.05, 3.63) is 69.7 Å². The fourth-order valence-electron chi connectivity index (χ4n) is 3.55. The number of hydrogen-bond donors (Lipinski definition) is 1. The lowest BCUT2D eigenvalue weighted by Gasteiger charge is -2.19. The third kappa shape index (κ3) is 8.60. The van der Waals surface area contributed by atoms with Crippen LogP contribution in [-0.4, -0.2) is 47.7 Å². The minimum Gasteiger partial charge on any atom is -0.460 e. The van der Waals surface area contributed by atoms with Crippen LogP contribution in [0.2, 0.25) is 10.0 Å². The molecule has 1 N–H and O–H groups in total. The predicted molar refractivity (Wildman–Crippen MR) is 146 cm³/mol. The van der Waals surface area contributed by atoms with E-state index in [4.69, 9.17) is 27.9 Å². The number of nitrogens with one attached hydrogen (secondary N) is 1. The molecule has 0 saturated carbocycles. The third-order valence-electron chi connectivity index (χ3n) is 5.40. The SMILES string of the molecule is C[C@@H](c1ccc(C(=O)NCCC(=O)OC(C)(C)C)cc1)n1nc(-c2cc(Cl)cc(Cl)c2)cc1OS(=O)(=O)C(F)(F)F. The second-order valence-corrected chi connectivity index (χ2v) is 12.3. The molecule has 0 fully saturated rings. The molecule has 1 atom stereocenters. The van der Waals surface area contributed by atoms with Crippen LogP contribution in [0.3, 0.4) is 0 Å². The fourth-order valence-corrected chi connectivity index (χ4v) is 4.52. The Morgan fingerprint density at radius 2 is 1.61 bits per heavy atom. The zero-order valence-corrected chi connectivity index (χ0v) is 24.6. The molecule has 0 aliphatic heterocycles. The van der Waals surface area contributed by atoms with E-state index in [2.05, 4.69) is 14.6 Å². The maximum absolute atomic E-state index is 13.1. The van der Waals surface area contributed by atoms with Crippen molar-refractivity contribution >= 4 is 45.2 Å². The standard InChI is InChI=1S/C26H26Cl2F3N3O6S/c1-15(16-5-7-17(8-6-16)24(36)32-10-9-23(35)39-25(2,3)4)34-22(40-41(37,38)26(29,30)31)14-21(33-34)18-11-19(27)13-20(28)12-18/h5-8,11-15H,9-10H2,1-4H3,(H,32,36)/t15-/m0/s1. The maximum atomic E-state index is 13.1. The Bertz CT molecular complexity index is 1510. The lowest BCUT2D eigenvalue weighted by Crippen LogP contribution is -2.29. The summed E-state index contributed by atoms with van der Waals surface area (Å²) in [6, 6.07) is 10.5. The van der Waals surface area contributed by atoms with Gasteiger partial charge in [0.25, 0.3) is 5.91 Å². The summed E-state index contributed by atoms with van der Waals surface area (Å²) in [4.78, 5) is 24.3. The summed E-state index contributed by atoms with van der Waals surface area (Å²) in [5, 5.41) is 7.31. The van der Waals surface area contributed by atoms with Gasteiger partial charge in [0.1, 0.15) is 5.60 Å². The molecule has 222 valence electrons. The number of aromatic nitrogens is 2. The topological polar surface area (TPSA) is 117 Å². The van der Waals surface area contributed by atoms with Gasteiger partial charge < -0.3 is 14.2 Å². The molecule has 1 heterocycles. The van der Waals surface area contributed by atoms with Gasteiger partial charge in [0.15, 0.2) is 0 Å². The van der Waals surface area contributed by atoms with Gasteiger partial charge >= 0.3 is 21.6 Å². The highest BCUT2D eigenvalue weighted by atomic mass is 35.5. The van der Waals surface area contributed by atoms with Crippen LogP contribution in [0.4, 0.5) is 13.2 Å². The Hall–Kier alpha value is -3.29. The number of carbonyl (C=O) groups excluding carboxylic acids is 2. The summed E-state index contributed by atoms with van der Waals surface area (Å²) in [7, 11) is -6.02. The van der Waals surface area contributed by atoms with Gasteiger partial charge in [-0.05, 0) is 63.6 Å². The van der Waals surface area contributed by atoms with Crippen molar-refractivity contribution in [1.29, 1.82) is 0 Å². The highest BCUT2D eigenvalue weighted by Gasteiger charge is 2.49. The first-order valence-corrected chi connectivity index (χ1v) is 14.2. The second-order valence-electron chi connectivity index (χ2n) is 9.84. The summed E-state index contributed by atoms with van der Waals surface area (Å²) in [6.07, 6.45) is -0.0266. The lowest BCUT2D eigenvalue weighted by molar-refractivity contribution is -0.154. The number of hydrogen-bond acceptors (Lipinski definition) is 7. The quantitative estimate of drug-likeness (QED) is 0.170. The van der Waals surface area contributed by atoms with Gasteiger partial charge in [-0.1, -0.05) is 35.3 Å². The van der Waals surface area contributed by atoms with Gasteiger partial charge in [-0.3, -0.25) is 9.59 Å².